The number of carbonyl (C=O) groups is 1. The first-order valence-corrected chi connectivity index (χ1v) is 4.60. The Balaban J connectivity index is 2.52. The summed E-state index contributed by atoms with van der Waals surface area (Å²) in [6, 6.07) is 2.57. The molecular weight excluding hydrogens is 229 g/mol. The maximum absolute atomic E-state index is 12.7. The molecule has 6 nitrogen and oxygen atoms in total. The van der Waals surface area contributed by atoms with Gasteiger partial charge in [-0.1, -0.05) is 0 Å². The highest BCUT2D eigenvalue weighted by atomic mass is 19.1. The maximum Gasteiger partial charge on any atom is 0.342 e. The van der Waals surface area contributed by atoms with E-state index in [2.05, 4.69) is 10.1 Å². The van der Waals surface area contributed by atoms with Crippen LogP contribution in [-0.2, 0) is 0 Å². The van der Waals surface area contributed by atoms with Gasteiger partial charge >= 0.3 is 5.97 Å². The molecule has 0 fully saturated rings. The van der Waals surface area contributed by atoms with Crippen LogP contribution in [0.3, 0.4) is 0 Å². The van der Waals surface area contributed by atoms with E-state index in [0.717, 1.165) is 12.4 Å². The molecular formula is C10H8FN3O3. The van der Waals surface area contributed by atoms with E-state index in [4.69, 9.17) is 9.84 Å². The number of halogens is 1. The number of methoxy groups -OCH3 is 1. The van der Waals surface area contributed by atoms with Crippen molar-refractivity contribution in [3.63, 3.8) is 0 Å². The first-order chi connectivity index (χ1) is 8.13. The maximum atomic E-state index is 12.7. The van der Waals surface area contributed by atoms with Crippen molar-refractivity contribution in [1.82, 2.24) is 14.8 Å². The van der Waals surface area contributed by atoms with E-state index in [1.54, 1.807) is 0 Å². The van der Waals surface area contributed by atoms with Crippen molar-refractivity contribution >= 4 is 5.97 Å². The van der Waals surface area contributed by atoms with E-state index >= 15 is 0 Å². The minimum atomic E-state index is -1.16. The molecule has 0 amide bonds. The third-order valence-electron chi connectivity index (χ3n) is 2.08. The quantitative estimate of drug-likeness (QED) is 0.865. The zero-order valence-electron chi connectivity index (χ0n) is 8.79. The van der Waals surface area contributed by atoms with Gasteiger partial charge in [0, 0.05) is 0 Å². The van der Waals surface area contributed by atoms with Gasteiger partial charge in [-0.05, 0) is 12.1 Å². The second-order valence-corrected chi connectivity index (χ2v) is 3.12. The van der Waals surface area contributed by atoms with Gasteiger partial charge in [-0.25, -0.2) is 14.2 Å². The van der Waals surface area contributed by atoms with Gasteiger partial charge < -0.3 is 9.84 Å². The molecule has 0 aliphatic carbocycles. The Morgan fingerprint density at radius 1 is 1.47 bits per heavy atom. The molecule has 0 saturated carbocycles. The Morgan fingerprint density at radius 2 is 2.24 bits per heavy atom. The van der Waals surface area contributed by atoms with Gasteiger partial charge in [0.25, 0.3) is 0 Å². The van der Waals surface area contributed by atoms with E-state index in [1.807, 2.05) is 0 Å². The number of hydrogen-bond acceptors (Lipinski definition) is 4. The summed E-state index contributed by atoms with van der Waals surface area (Å²) >= 11 is 0. The topological polar surface area (TPSA) is 77.2 Å². The molecule has 0 spiro atoms. The second-order valence-electron chi connectivity index (χ2n) is 3.12. The van der Waals surface area contributed by atoms with E-state index in [-0.39, 0.29) is 17.3 Å². The molecule has 0 aliphatic heterocycles. The molecule has 0 bridgehead atoms. The summed E-state index contributed by atoms with van der Waals surface area (Å²) < 4.78 is 18.8. The lowest BCUT2D eigenvalue weighted by Crippen LogP contribution is -2.04. The Hall–Kier alpha value is -2.44. The first-order valence-electron chi connectivity index (χ1n) is 4.60. The highest BCUT2D eigenvalue weighted by Crippen LogP contribution is 2.21. The number of rotatable bonds is 3. The van der Waals surface area contributed by atoms with Gasteiger partial charge in [-0.3, -0.25) is 0 Å². The molecule has 17 heavy (non-hydrogen) atoms. The molecule has 2 rings (SSSR count). The van der Waals surface area contributed by atoms with Gasteiger partial charge in [0.05, 0.1) is 19.5 Å². The second kappa shape index (κ2) is 4.20. The fraction of sp³-hybridized carbons (Fsp3) is 0.100. The smallest absolute Gasteiger partial charge is 0.342 e. The SMILES string of the molecule is COc1c(C(=O)O)cnn1-c1ccc(F)cn1. The summed E-state index contributed by atoms with van der Waals surface area (Å²) in [5.74, 6) is -1.33. The Labute approximate surface area is 95.3 Å². The minimum Gasteiger partial charge on any atom is -0.480 e. The number of carboxylic acids is 1. The summed E-state index contributed by atoms with van der Waals surface area (Å²) in [6.45, 7) is 0. The fourth-order valence-corrected chi connectivity index (χ4v) is 1.34. The van der Waals surface area contributed by atoms with Crippen molar-refractivity contribution in [3.05, 3.63) is 35.9 Å². The van der Waals surface area contributed by atoms with Crippen LogP contribution in [0.15, 0.2) is 24.5 Å². The number of aromatic nitrogens is 3. The molecule has 2 aromatic heterocycles. The van der Waals surface area contributed by atoms with Crippen molar-refractivity contribution < 1.29 is 19.0 Å². The summed E-state index contributed by atoms with van der Waals surface area (Å²) in [5, 5.41) is 12.7. The lowest BCUT2D eigenvalue weighted by Gasteiger charge is -2.05. The van der Waals surface area contributed by atoms with Crippen LogP contribution in [-0.4, -0.2) is 33.0 Å². The van der Waals surface area contributed by atoms with Crippen molar-refractivity contribution in [2.75, 3.05) is 7.11 Å². The summed E-state index contributed by atoms with van der Waals surface area (Å²) in [4.78, 5) is 14.6. The van der Waals surface area contributed by atoms with Crippen LogP contribution in [0, 0.1) is 5.82 Å². The van der Waals surface area contributed by atoms with Crippen molar-refractivity contribution in [1.29, 1.82) is 0 Å². The number of nitrogens with zero attached hydrogens (tertiary/aromatic N) is 3. The third-order valence-corrected chi connectivity index (χ3v) is 2.08. The molecule has 0 aliphatic rings. The van der Waals surface area contributed by atoms with E-state index < -0.39 is 11.8 Å². The van der Waals surface area contributed by atoms with Gasteiger partial charge in [0.1, 0.15) is 11.4 Å². The minimum absolute atomic E-state index is 0.0385. The van der Waals surface area contributed by atoms with Crippen LogP contribution in [0.25, 0.3) is 5.82 Å². The summed E-state index contributed by atoms with van der Waals surface area (Å²) in [5.41, 5.74) is -0.0846. The first kappa shape index (κ1) is 11.1. The highest BCUT2D eigenvalue weighted by Gasteiger charge is 2.18. The number of aromatic carboxylic acids is 1. The monoisotopic (exact) mass is 237 g/mol. The normalized spacial score (nSPS) is 10.2. The fourth-order valence-electron chi connectivity index (χ4n) is 1.34. The lowest BCUT2D eigenvalue weighted by molar-refractivity contribution is 0.0693. The summed E-state index contributed by atoms with van der Waals surface area (Å²) in [6.07, 6.45) is 2.16. The molecule has 0 saturated heterocycles. The molecule has 88 valence electrons. The lowest BCUT2D eigenvalue weighted by atomic mass is 10.3. The van der Waals surface area contributed by atoms with Gasteiger partial charge in [-0.2, -0.15) is 9.78 Å². The zero-order chi connectivity index (χ0) is 12.4. The molecule has 1 N–H and O–H groups in total. The van der Waals surface area contributed by atoms with E-state index in [9.17, 15) is 9.18 Å². The molecule has 2 heterocycles. The molecule has 0 aromatic carbocycles. The van der Waals surface area contributed by atoms with Crippen LogP contribution in [0.1, 0.15) is 10.4 Å². The predicted molar refractivity (Wildman–Crippen MR) is 54.8 cm³/mol. The van der Waals surface area contributed by atoms with Crippen LogP contribution < -0.4 is 4.74 Å². The molecule has 0 atom stereocenters. The molecule has 0 radical (unpaired) electrons. The van der Waals surface area contributed by atoms with Crippen molar-refractivity contribution in [3.8, 4) is 11.7 Å². The number of hydrogen-bond donors (Lipinski definition) is 1. The third kappa shape index (κ3) is 1.94. The highest BCUT2D eigenvalue weighted by molar-refractivity contribution is 5.90. The number of carboxylic acid groups (broad SMARTS) is 1. The van der Waals surface area contributed by atoms with Crippen LogP contribution in [0.5, 0.6) is 5.88 Å². The molecule has 7 heteroatoms. The predicted octanol–water partition coefficient (Wildman–Crippen LogP) is 1.11. The van der Waals surface area contributed by atoms with Crippen molar-refractivity contribution in [2.45, 2.75) is 0 Å². The van der Waals surface area contributed by atoms with E-state index in [1.165, 1.54) is 23.9 Å². The van der Waals surface area contributed by atoms with Crippen LogP contribution in [0.2, 0.25) is 0 Å². The Kier molecular flexibility index (Phi) is 2.73. The van der Waals surface area contributed by atoms with Gasteiger partial charge in [0.2, 0.25) is 5.88 Å². The summed E-state index contributed by atoms with van der Waals surface area (Å²) in [7, 11) is 1.32. The Bertz CT molecular complexity index is 550. The number of ether oxygens (including phenoxy) is 1. The molecule has 0 unspecified atom stereocenters. The van der Waals surface area contributed by atoms with Gasteiger partial charge in [-0.15, -0.1) is 0 Å². The average molecular weight is 237 g/mol. The average Bonchev–Trinajstić information content (AvgIpc) is 2.73. The van der Waals surface area contributed by atoms with E-state index in [0.29, 0.717) is 0 Å². The molecule has 2 aromatic rings. The van der Waals surface area contributed by atoms with Gasteiger partial charge in [0.15, 0.2) is 5.82 Å². The standard InChI is InChI=1S/C10H8FN3O3/c1-17-9-7(10(15)16)5-13-14(9)8-3-2-6(11)4-12-8/h2-5H,1H3,(H,15,16). The van der Waals surface area contributed by atoms with Crippen LogP contribution in [0.4, 0.5) is 4.39 Å². The van der Waals surface area contributed by atoms with Crippen molar-refractivity contribution in [2.24, 2.45) is 0 Å². The number of pyridine rings is 1. The Morgan fingerprint density at radius 3 is 2.76 bits per heavy atom. The zero-order valence-corrected chi connectivity index (χ0v) is 8.79. The largest absolute Gasteiger partial charge is 0.480 e. The van der Waals surface area contributed by atoms with Crippen LogP contribution >= 0.6 is 0 Å².